The first-order chi connectivity index (χ1) is 7.76. The smallest absolute Gasteiger partial charge is 0.285 e. The number of halogens is 1. The Morgan fingerprint density at radius 3 is 2.56 bits per heavy atom. The summed E-state index contributed by atoms with van der Waals surface area (Å²) in [6.45, 7) is 0. The molecule has 6 heteroatoms. The summed E-state index contributed by atoms with van der Waals surface area (Å²) in [5.74, 6) is 1.57. The molecule has 2 rings (SSSR count). The van der Waals surface area contributed by atoms with E-state index >= 15 is 0 Å². The van der Waals surface area contributed by atoms with Gasteiger partial charge in [0.1, 0.15) is 0 Å². The molecule has 1 aromatic carbocycles. The van der Waals surface area contributed by atoms with Gasteiger partial charge >= 0.3 is 0 Å². The van der Waals surface area contributed by atoms with Gasteiger partial charge in [-0.2, -0.15) is 0 Å². The maximum absolute atomic E-state index is 5.27. The molecule has 0 aliphatic heterocycles. The van der Waals surface area contributed by atoms with E-state index < -0.39 is 0 Å². The first-order valence-electron chi connectivity index (χ1n) is 4.46. The Morgan fingerprint density at radius 2 is 2.00 bits per heavy atom. The second kappa shape index (κ2) is 4.52. The van der Waals surface area contributed by atoms with E-state index in [-0.39, 0.29) is 0 Å². The van der Waals surface area contributed by atoms with Gasteiger partial charge in [-0.25, -0.2) is 0 Å². The van der Waals surface area contributed by atoms with Crippen molar-refractivity contribution < 1.29 is 13.9 Å². The van der Waals surface area contributed by atoms with Gasteiger partial charge in [-0.05, 0) is 12.1 Å². The molecule has 1 aromatic heterocycles. The van der Waals surface area contributed by atoms with Crippen molar-refractivity contribution in [3.05, 3.63) is 23.0 Å². The normalized spacial score (nSPS) is 10.2. The minimum Gasteiger partial charge on any atom is -0.493 e. The van der Waals surface area contributed by atoms with Crippen LogP contribution in [0.5, 0.6) is 11.5 Å². The number of rotatable bonds is 3. The van der Waals surface area contributed by atoms with Crippen LogP contribution in [0.15, 0.2) is 27.4 Å². The van der Waals surface area contributed by atoms with Crippen molar-refractivity contribution in [2.24, 2.45) is 0 Å². The minimum absolute atomic E-state index is 0.326. The number of para-hydroxylation sites is 1. The van der Waals surface area contributed by atoms with Crippen LogP contribution in [0.1, 0.15) is 0 Å². The van der Waals surface area contributed by atoms with E-state index in [1.807, 2.05) is 12.1 Å². The lowest BCUT2D eigenvalue weighted by molar-refractivity contribution is 0.355. The van der Waals surface area contributed by atoms with Crippen LogP contribution >= 0.6 is 15.9 Å². The molecule has 0 saturated carbocycles. The highest BCUT2D eigenvalue weighted by molar-refractivity contribution is 9.10. The number of hydrogen-bond donors (Lipinski definition) is 0. The van der Waals surface area contributed by atoms with Gasteiger partial charge in [0.2, 0.25) is 0 Å². The fraction of sp³-hybridized carbons (Fsp3) is 0.200. The zero-order valence-corrected chi connectivity index (χ0v) is 10.3. The SMILES string of the molecule is COc1cccc(-c2nnc(Br)o2)c1OC. The third-order valence-electron chi connectivity index (χ3n) is 2.03. The maximum Gasteiger partial charge on any atom is 0.285 e. The number of hydrogen-bond acceptors (Lipinski definition) is 5. The highest BCUT2D eigenvalue weighted by atomic mass is 79.9. The van der Waals surface area contributed by atoms with Crippen LogP contribution in [0, 0.1) is 0 Å². The van der Waals surface area contributed by atoms with Gasteiger partial charge in [-0.15, -0.1) is 10.2 Å². The molecule has 0 N–H and O–H groups in total. The Kier molecular flexibility index (Phi) is 3.09. The van der Waals surface area contributed by atoms with Crippen LogP contribution in [0.4, 0.5) is 0 Å². The average Bonchev–Trinajstić information content (AvgIpc) is 2.74. The van der Waals surface area contributed by atoms with Gasteiger partial charge in [-0.3, -0.25) is 0 Å². The predicted molar refractivity (Wildman–Crippen MR) is 60.5 cm³/mol. The van der Waals surface area contributed by atoms with Crippen LogP contribution < -0.4 is 9.47 Å². The molecule has 84 valence electrons. The van der Waals surface area contributed by atoms with E-state index in [0.29, 0.717) is 27.8 Å². The van der Waals surface area contributed by atoms with Crippen molar-refractivity contribution in [2.45, 2.75) is 0 Å². The summed E-state index contributed by atoms with van der Waals surface area (Å²) in [5.41, 5.74) is 0.694. The lowest BCUT2D eigenvalue weighted by atomic mass is 10.2. The van der Waals surface area contributed by atoms with Gasteiger partial charge in [0.25, 0.3) is 10.7 Å². The molecule has 16 heavy (non-hydrogen) atoms. The van der Waals surface area contributed by atoms with Crippen molar-refractivity contribution in [3.8, 4) is 23.0 Å². The predicted octanol–water partition coefficient (Wildman–Crippen LogP) is 2.52. The standard InChI is InChI=1S/C10H9BrN2O3/c1-14-7-5-3-4-6(8(7)15-2)9-12-13-10(11)16-9/h3-5H,1-2H3. The number of benzene rings is 1. The molecular weight excluding hydrogens is 276 g/mol. The molecule has 0 amide bonds. The van der Waals surface area contributed by atoms with Crippen LogP contribution in [0.2, 0.25) is 0 Å². The van der Waals surface area contributed by atoms with E-state index in [0.717, 1.165) is 0 Å². The van der Waals surface area contributed by atoms with E-state index in [9.17, 15) is 0 Å². The second-order valence-corrected chi connectivity index (χ2v) is 3.58. The lowest BCUT2D eigenvalue weighted by Crippen LogP contribution is -1.93. The van der Waals surface area contributed by atoms with Crippen LogP contribution in [0.3, 0.4) is 0 Å². The Morgan fingerprint density at radius 1 is 1.19 bits per heavy atom. The van der Waals surface area contributed by atoms with Gasteiger partial charge in [0.05, 0.1) is 19.8 Å². The first-order valence-corrected chi connectivity index (χ1v) is 5.26. The van der Waals surface area contributed by atoms with E-state index in [4.69, 9.17) is 13.9 Å². The molecule has 0 unspecified atom stereocenters. The summed E-state index contributed by atoms with van der Waals surface area (Å²) in [5, 5.41) is 7.60. The molecule has 0 spiro atoms. The Hall–Kier alpha value is -1.56. The summed E-state index contributed by atoms with van der Waals surface area (Å²) < 4.78 is 15.7. The topological polar surface area (TPSA) is 57.4 Å². The van der Waals surface area contributed by atoms with Gasteiger partial charge in [0, 0.05) is 15.9 Å². The Balaban J connectivity index is 2.56. The quantitative estimate of drug-likeness (QED) is 0.867. The maximum atomic E-state index is 5.27. The molecule has 0 atom stereocenters. The minimum atomic E-state index is 0.326. The summed E-state index contributed by atoms with van der Waals surface area (Å²) in [6.07, 6.45) is 0. The summed E-state index contributed by atoms with van der Waals surface area (Å²) in [4.78, 5) is 0.326. The fourth-order valence-electron chi connectivity index (χ4n) is 1.37. The molecular formula is C10H9BrN2O3. The number of methoxy groups -OCH3 is 2. The number of aromatic nitrogens is 2. The molecule has 1 heterocycles. The highest BCUT2D eigenvalue weighted by Crippen LogP contribution is 2.37. The first kappa shape index (κ1) is 10.9. The van der Waals surface area contributed by atoms with Crippen LogP contribution in [-0.4, -0.2) is 24.4 Å². The van der Waals surface area contributed by atoms with Crippen molar-refractivity contribution in [1.82, 2.24) is 10.2 Å². The summed E-state index contributed by atoms with van der Waals surface area (Å²) in [7, 11) is 3.14. The van der Waals surface area contributed by atoms with Gasteiger partial charge < -0.3 is 13.9 Å². The molecule has 0 fully saturated rings. The lowest BCUT2D eigenvalue weighted by Gasteiger charge is -2.09. The molecule has 2 aromatic rings. The molecule has 0 radical (unpaired) electrons. The third kappa shape index (κ3) is 1.88. The molecule has 0 saturated heterocycles. The Bertz CT molecular complexity index is 499. The van der Waals surface area contributed by atoms with Crippen molar-refractivity contribution in [1.29, 1.82) is 0 Å². The third-order valence-corrected chi connectivity index (χ3v) is 2.35. The Labute approximate surface area is 101 Å². The van der Waals surface area contributed by atoms with Gasteiger partial charge in [-0.1, -0.05) is 6.07 Å². The largest absolute Gasteiger partial charge is 0.493 e. The van der Waals surface area contributed by atoms with Crippen molar-refractivity contribution >= 4 is 15.9 Å². The fourth-order valence-corrected chi connectivity index (χ4v) is 1.60. The highest BCUT2D eigenvalue weighted by Gasteiger charge is 2.16. The van der Waals surface area contributed by atoms with Crippen molar-refractivity contribution in [3.63, 3.8) is 0 Å². The second-order valence-electron chi connectivity index (χ2n) is 2.90. The van der Waals surface area contributed by atoms with E-state index in [2.05, 4.69) is 26.1 Å². The molecule has 5 nitrogen and oxygen atoms in total. The van der Waals surface area contributed by atoms with E-state index in [1.54, 1.807) is 20.3 Å². The van der Waals surface area contributed by atoms with Crippen LogP contribution in [-0.2, 0) is 0 Å². The molecule has 0 aliphatic rings. The monoisotopic (exact) mass is 284 g/mol. The molecule has 0 aliphatic carbocycles. The van der Waals surface area contributed by atoms with Crippen LogP contribution in [0.25, 0.3) is 11.5 Å². The summed E-state index contributed by atoms with van der Waals surface area (Å²) >= 11 is 3.10. The number of ether oxygens (including phenoxy) is 2. The average molecular weight is 285 g/mol. The summed E-state index contributed by atoms with van der Waals surface area (Å²) in [6, 6.07) is 5.45. The zero-order chi connectivity index (χ0) is 11.5. The number of nitrogens with zero attached hydrogens (tertiary/aromatic N) is 2. The van der Waals surface area contributed by atoms with Gasteiger partial charge in [0.15, 0.2) is 11.5 Å². The molecule has 0 bridgehead atoms. The van der Waals surface area contributed by atoms with E-state index in [1.165, 1.54) is 0 Å². The zero-order valence-electron chi connectivity index (χ0n) is 8.73. The van der Waals surface area contributed by atoms with Crippen molar-refractivity contribution in [2.75, 3.05) is 14.2 Å².